The van der Waals surface area contributed by atoms with Gasteiger partial charge in [-0.15, -0.1) is 0 Å². The number of hydrogen-bond donors (Lipinski definition) is 0. The maximum atomic E-state index is 4.37. The van der Waals surface area contributed by atoms with Crippen LogP contribution in [0.4, 0.5) is 0 Å². The number of rotatable bonds is 2. The number of hydrogen-bond acceptors (Lipinski definition) is 2. The molecule has 7 atom stereocenters. The summed E-state index contributed by atoms with van der Waals surface area (Å²) in [5, 5.41) is 2.67. The maximum absolute atomic E-state index is 4.37. The zero-order valence-corrected chi connectivity index (χ0v) is 19.6. The van der Waals surface area contributed by atoms with Crippen molar-refractivity contribution in [3.8, 4) is 0 Å². The quantitative estimate of drug-likeness (QED) is 0.536. The first-order valence-electron chi connectivity index (χ1n) is 12.8. The van der Waals surface area contributed by atoms with Crippen LogP contribution in [0.3, 0.4) is 0 Å². The Balaban J connectivity index is 1.28. The first kappa shape index (κ1) is 20.0. The zero-order chi connectivity index (χ0) is 21.2. The molecule has 2 aromatic rings. The lowest BCUT2D eigenvalue weighted by Crippen LogP contribution is -2.49. The van der Waals surface area contributed by atoms with E-state index in [-0.39, 0.29) is 0 Å². The Morgan fingerprint density at radius 2 is 1.84 bits per heavy atom. The highest BCUT2D eigenvalue weighted by atomic mass is 15.1. The monoisotopic (exact) mass is 414 g/mol. The second-order valence-electron chi connectivity index (χ2n) is 11.6. The van der Waals surface area contributed by atoms with Crippen LogP contribution in [0.1, 0.15) is 63.9 Å². The Bertz CT molecular complexity index is 1000. The minimum Gasteiger partial charge on any atom is -0.306 e. The van der Waals surface area contributed by atoms with Crippen molar-refractivity contribution in [2.75, 3.05) is 14.1 Å². The Hall–Kier alpha value is -1.67. The van der Waals surface area contributed by atoms with Gasteiger partial charge >= 0.3 is 0 Å². The van der Waals surface area contributed by atoms with Crippen LogP contribution in [0.5, 0.6) is 0 Å². The summed E-state index contributed by atoms with van der Waals surface area (Å²) in [4.78, 5) is 6.86. The Labute approximate surface area is 188 Å². The summed E-state index contributed by atoms with van der Waals surface area (Å²) in [6.07, 6.45) is 18.1. The van der Waals surface area contributed by atoms with Gasteiger partial charge in [0.25, 0.3) is 0 Å². The van der Waals surface area contributed by atoms with E-state index in [0.717, 1.165) is 35.6 Å². The van der Waals surface area contributed by atoms with Crippen molar-refractivity contribution in [2.45, 2.75) is 64.3 Å². The van der Waals surface area contributed by atoms with Crippen LogP contribution in [0.15, 0.2) is 42.7 Å². The van der Waals surface area contributed by atoms with Crippen LogP contribution in [-0.4, -0.2) is 30.0 Å². The van der Waals surface area contributed by atoms with Crippen LogP contribution in [-0.2, 0) is 0 Å². The fourth-order valence-electron chi connectivity index (χ4n) is 8.64. The third-order valence-electron chi connectivity index (χ3n) is 10.2. The number of allylic oxidation sites excluding steroid dienone is 2. The van der Waals surface area contributed by atoms with E-state index in [4.69, 9.17) is 0 Å². The largest absolute Gasteiger partial charge is 0.306 e. The van der Waals surface area contributed by atoms with Crippen molar-refractivity contribution in [2.24, 2.45) is 35.0 Å². The van der Waals surface area contributed by atoms with Gasteiger partial charge in [0.05, 0.1) is 0 Å². The van der Waals surface area contributed by atoms with E-state index in [1.54, 1.807) is 5.57 Å². The van der Waals surface area contributed by atoms with Crippen molar-refractivity contribution >= 4 is 16.3 Å². The first-order chi connectivity index (χ1) is 15.1. The van der Waals surface area contributed by atoms with Crippen LogP contribution in [0.25, 0.3) is 16.3 Å². The molecule has 0 amide bonds. The van der Waals surface area contributed by atoms with E-state index < -0.39 is 0 Å². The molecular formula is C29H38N2. The van der Waals surface area contributed by atoms with Gasteiger partial charge in [-0.05, 0) is 123 Å². The molecule has 1 heterocycles. The molecule has 2 heteroatoms. The van der Waals surface area contributed by atoms with E-state index >= 15 is 0 Å². The Morgan fingerprint density at radius 1 is 0.968 bits per heavy atom. The molecule has 0 saturated heterocycles. The smallest absolute Gasteiger partial charge is 0.0346 e. The second kappa shape index (κ2) is 7.44. The SMILES string of the molecule is CN(C)[C@H]1CC[C@@H]2C3CC[C@]4(C)C(c5cccc6cnccc56)=CC[C@H]4[C@@H]3CC[C@H]2C1. The van der Waals surface area contributed by atoms with Gasteiger partial charge in [-0.1, -0.05) is 31.2 Å². The molecule has 4 aliphatic carbocycles. The van der Waals surface area contributed by atoms with E-state index in [2.05, 4.69) is 61.2 Å². The van der Waals surface area contributed by atoms with Crippen LogP contribution >= 0.6 is 0 Å². The van der Waals surface area contributed by atoms with Crippen molar-refractivity contribution < 1.29 is 0 Å². The predicted molar refractivity (Wildman–Crippen MR) is 130 cm³/mol. The molecule has 1 unspecified atom stereocenters. The van der Waals surface area contributed by atoms with Crippen LogP contribution in [0.2, 0.25) is 0 Å². The molecule has 2 nitrogen and oxygen atoms in total. The third-order valence-corrected chi connectivity index (χ3v) is 10.2. The minimum absolute atomic E-state index is 0.354. The lowest BCUT2D eigenvalue weighted by Gasteiger charge is -2.56. The number of benzene rings is 1. The highest BCUT2D eigenvalue weighted by molar-refractivity contribution is 5.95. The summed E-state index contributed by atoms with van der Waals surface area (Å²) in [5.74, 6) is 4.79. The summed E-state index contributed by atoms with van der Waals surface area (Å²) < 4.78 is 0. The van der Waals surface area contributed by atoms with Gasteiger partial charge < -0.3 is 4.90 Å². The van der Waals surface area contributed by atoms with E-state index in [1.807, 2.05) is 12.4 Å². The lowest BCUT2D eigenvalue weighted by atomic mass is 9.49. The predicted octanol–water partition coefficient (Wildman–Crippen LogP) is 6.81. The number of aromatic nitrogens is 1. The molecule has 4 aliphatic rings. The fraction of sp³-hybridized carbons (Fsp3) is 0.621. The van der Waals surface area contributed by atoms with Gasteiger partial charge in [0, 0.05) is 23.8 Å². The first-order valence-corrected chi connectivity index (χ1v) is 12.8. The lowest BCUT2D eigenvalue weighted by molar-refractivity contribution is -0.0481. The fourth-order valence-corrected chi connectivity index (χ4v) is 8.64. The highest BCUT2D eigenvalue weighted by Gasteiger charge is 2.55. The topological polar surface area (TPSA) is 16.1 Å². The number of fused-ring (bicyclic) bond motifs is 6. The van der Waals surface area contributed by atoms with Crippen molar-refractivity contribution in [1.29, 1.82) is 0 Å². The van der Waals surface area contributed by atoms with Crippen LogP contribution < -0.4 is 0 Å². The van der Waals surface area contributed by atoms with E-state index in [1.165, 1.54) is 67.7 Å². The zero-order valence-electron chi connectivity index (χ0n) is 19.6. The molecule has 3 fully saturated rings. The number of pyridine rings is 1. The van der Waals surface area contributed by atoms with Gasteiger partial charge in [0.15, 0.2) is 0 Å². The van der Waals surface area contributed by atoms with Gasteiger partial charge in [-0.25, -0.2) is 0 Å². The molecule has 31 heavy (non-hydrogen) atoms. The molecule has 0 N–H and O–H groups in total. The van der Waals surface area contributed by atoms with Crippen molar-refractivity contribution in [1.82, 2.24) is 9.88 Å². The molecule has 0 bridgehead atoms. The van der Waals surface area contributed by atoms with Gasteiger partial charge in [0.2, 0.25) is 0 Å². The summed E-state index contributed by atoms with van der Waals surface area (Å²) in [5.41, 5.74) is 3.47. The van der Waals surface area contributed by atoms with Gasteiger partial charge in [0.1, 0.15) is 0 Å². The summed E-state index contributed by atoms with van der Waals surface area (Å²) >= 11 is 0. The molecule has 0 aliphatic heterocycles. The molecule has 0 spiro atoms. The molecule has 164 valence electrons. The summed E-state index contributed by atoms with van der Waals surface area (Å²) in [6.45, 7) is 2.61. The second-order valence-corrected chi connectivity index (χ2v) is 11.6. The van der Waals surface area contributed by atoms with Crippen molar-refractivity contribution in [3.63, 3.8) is 0 Å². The van der Waals surface area contributed by atoms with Gasteiger partial charge in [-0.2, -0.15) is 0 Å². The molecule has 0 radical (unpaired) electrons. The summed E-state index contributed by atoms with van der Waals surface area (Å²) in [6, 6.07) is 9.86. The Morgan fingerprint density at radius 3 is 2.71 bits per heavy atom. The maximum Gasteiger partial charge on any atom is 0.0346 e. The molecule has 6 rings (SSSR count). The minimum atomic E-state index is 0.354. The van der Waals surface area contributed by atoms with Crippen molar-refractivity contribution in [3.05, 3.63) is 48.3 Å². The molecule has 1 aromatic carbocycles. The van der Waals surface area contributed by atoms with E-state index in [0.29, 0.717) is 5.41 Å². The number of nitrogens with zero attached hydrogens (tertiary/aromatic N) is 2. The third kappa shape index (κ3) is 3.04. The average Bonchev–Trinajstić information content (AvgIpc) is 3.15. The normalized spacial score (nSPS) is 39.7. The van der Waals surface area contributed by atoms with Gasteiger partial charge in [-0.3, -0.25) is 4.98 Å². The van der Waals surface area contributed by atoms with Crippen LogP contribution in [0, 0.1) is 35.0 Å². The molecular weight excluding hydrogens is 376 g/mol. The summed E-state index contributed by atoms with van der Waals surface area (Å²) in [7, 11) is 4.58. The Kier molecular flexibility index (Phi) is 4.79. The molecule has 1 aromatic heterocycles. The highest BCUT2D eigenvalue weighted by Crippen LogP contribution is 2.64. The average molecular weight is 415 g/mol. The van der Waals surface area contributed by atoms with E-state index in [9.17, 15) is 0 Å². The molecule has 3 saturated carbocycles. The standard InChI is InChI=1S/C29H38N2/c1-29-15-13-24-22-10-8-21(31(2)3)17-19(22)7-9-26(24)28(29)12-11-27(29)25-6-4-5-20-18-30-16-14-23(20)25/h4-6,11,14,16,18-19,21-22,24,26,28H,7-10,12-13,15,17H2,1-3H3/t19-,21-,22-,24?,26+,28-,29+/m0/s1.